The molecule has 0 saturated carbocycles. The van der Waals surface area contributed by atoms with Gasteiger partial charge < -0.3 is 0 Å². The molecule has 0 bridgehead atoms. The summed E-state index contributed by atoms with van der Waals surface area (Å²) in [6.45, 7) is 0.396. The van der Waals surface area contributed by atoms with Crippen LogP contribution >= 0.6 is 31.9 Å². The number of pyridine rings is 2. The molecule has 6 nitrogen and oxygen atoms in total. The van der Waals surface area contributed by atoms with E-state index >= 15 is 0 Å². The monoisotopic (exact) mass is 456 g/mol. The second-order valence-electron chi connectivity index (χ2n) is 5.33. The molecule has 24 heavy (non-hydrogen) atoms. The molecule has 2 rings (SSSR count). The molecule has 0 aliphatic rings. The van der Waals surface area contributed by atoms with E-state index in [0.717, 1.165) is 24.0 Å². The lowest BCUT2D eigenvalue weighted by Crippen LogP contribution is -2.38. The lowest BCUT2D eigenvalue weighted by molar-refractivity contribution is -0.709. The van der Waals surface area contributed by atoms with Gasteiger partial charge in [0.2, 0.25) is 9.90 Å². The lowest BCUT2D eigenvalue weighted by Gasteiger charge is -2.08. The zero-order valence-electron chi connectivity index (χ0n) is 13.0. The van der Waals surface area contributed by atoms with Gasteiger partial charge in [-0.25, -0.2) is 0 Å². The standard InChI is InChI=1S/C16H18Br2N4O2/c17-15(21-7-3-13(4-8-21)11-19-23)1-2-16(18)22-9-5-14(6-10-22)12-20-24/h3-10,15-16H,1-2,11-12H2/q+2. The number of nitrogens with zero attached hydrogens (tertiary/aromatic N) is 4. The molecule has 2 unspecified atom stereocenters. The van der Waals surface area contributed by atoms with Crippen LogP contribution in [0.4, 0.5) is 0 Å². The van der Waals surface area contributed by atoms with E-state index in [4.69, 9.17) is 0 Å². The summed E-state index contributed by atoms with van der Waals surface area (Å²) in [7, 11) is 0. The number of alkyl halides is 2. The van der Waals surface area contributed by atoms with Gasteiger partial charge in [0.05, 0.1) is 0 Å². The molecule has 2 heterocycles. The highest BCUT2D eigenvalue weighted by Crippen LogP contribution is 2.22. The van der Waals surface area contributed by atoms with E-state index in [-0.39, 0.29) is 23.0 Å². The molecule has 0 fully saturated rings. The maximum absolute atomic E-state index is 10.3. The molecule has 8 heteroatoms. The third-order valence-corrected chi connectivity index (χ3v) is 5.49. The fourth-order valence-corrected chi connectivity index (χ4v) is 3.32. The fraction of sp³-hybridized carbons (Fsp3) is 0.375. The molecule has 2 atom stereocenters. The summed E-state index contributed by atoms with van der Waals surface area (Å²) in [4.78, 5) is 20.9. The SMILES string of the molecule is O=NCc1cc[n+](C(Br)CCC(Br)[n+]2ccc(CN=O)cc2)cc1. The zero-order chi connectivity index (χ0) is 17.4. The van der Waals surface area contributed by atoms with E-state index in [1.807, 2.05) is 49.1 Å². The van der Waals surface area contributed by atoms with E-state index < -0.39 is 0 Å². The van der Waals surface area contributed by atoms with Crippen LogP contribution < -0.4 is 9.13 Å². The molecule has 0 saturated heterocycles. The molecule has 2 aromatic rings. The molecular formula is C16H18Br2N4O2+2. The van der Waals surface area contributed by atoms with Crippen molar-refractivity contribution in [1.82, 2.24) is 0 Å². The van der Waals surface area contributed by atoms with Crippen LogP contribution in [-0.2, 0) is 13.1 Å². The Morgan fingerprint density at radius 1 is 0.750 bits per heavy atom. The largest absolute Gasteiger partial charge is 0.212 e. The first-order valence-electron chi connectivity index (χ1n) is 7.49. The molecule has 0 aromatic carbocycles. The highest BCUT2D eigenvalue weighted by atomic mass is 79.9. The van der Waals surface area contributed by atoms with Gasteiger partial charge in [-0.15, -0.1) is 0 Å². The third kappa shape index (κ3) is 5.52. The van der Waals surface area contributed by atoms with Gasteiger partial charge >= 0.3 is 0 Å². The third-order valence-electron chi connectivity index (χ3n) is 3.63. The quantitative estimate of drug-likeness (QED) is 0.323. The van der Waals surface area contributed by atoms with Crippen LogP contribution in [0, 0.1) is 9.81 Å². The highest BCUT2D eigenvalue weighted by molar-refractivity contribution is 9.09. The van der Waals surface area contributed by atoms with Gasteiger partial charge in [0.15, 0.2) is 24.8 Å². The first-order valence-corrected chi connectivity index (χ1v) is 9.33. The second kappa shape index (κ2) is 9.68. The van der Waals surface area contributed by atoms with Gasteiger partial charge in [-0.1, -0.05) is 10.4 Å². The predicted molar refractivity (Wildman–Crippen MR) is 97.4 cm³/mol. The average molecular weight is 458 g/mol. The highest BCUT2D eigenvalue weighted by Gasteiger charge is 2.20. The lowest BCUT2D eigenvalue weighted by atomic mass is 10.2. The van der Waals surface area contributed by atoms with Gasteiger partial charge in [-0.3, -0.25) is 0 Å². The van der Waals surface area contributed by atoms with Crippen molar-refractivity contribution in [3.63, 3.8) is 0 Å². The summed E-state index contributed by atoms with van der Waals surface area (Å²) in [5.74, 6) is 0. The van der Waals surface area contributed by atoms with Crippen LogP contribution in [0.15, 0.2) is 59.4 Å². The molecular weight excluding hydrogens is 440 g/mol. The van der Waals surface area contributed by atoms with Gasteiger partial charge in [0.1, 0.15) is 13.1 Å². The molecule has 0 aliphatic heterocycles. The molecule has 0 radical (unpaired) electrons. The normalized spacial score (nSPS) is 13.2. The van der Waals surface area contributed by atoms with Crippen LogP contribution in [-0.4, -0.2) is 0 Å². The number of rotatable bonds is 9. The summed E-state index contributed by atoms with van der Waals surface area (Å²) in [6.07, 6.45) is 9.59. The number of aromatic nitrogens is 2. The summed E-state index contributed by atoms with van der Waals surface area (Å²) < 4.78 is 4.11. The van der Waals surface area contributed by atoms with Crippen molar-refractivity contribution in [3.05, 3.63) is 70.0 Å². The van der Waals surface area contributed by atoms with E-state index in [1.54, 1.807) is 0 Å². The van der Waals surface area contributed by atoms with E-state index in [2.05, 4.69) is 51.3 Å². The summed E-state index contributed by atoms with van der Waals surface area (Å²) in [5, 5.41) is 5.78. The molecule has 0 N–H and O–H groups in total. The minimum Gasteiger partial charge on any atom is -0.192 e. The molecule has 0 amide bonds. The smallest absolute Gasteiger partial charge is 0.192 e. The van der Waals surface area contributed by atoms with Crippen molar-refractivity contribution in [2.45, 2.75) is 35.8 Å². The van der Waals surface area contributed by atoms with Crippen molar-refractivity contribution in [2.75, 3.05) is 0 Å². The van der Waals surface area contributed by atoms with Gasteiger partial charge in [-0.05, 0) is 43.0 Å². The molecule has 0 spiro atoms. The van der Waals surface area contributed by atoms with Crippen molar-refractivity contribution in [3.8, 4) is 0 Å². The second-order valence-corrected chi connectivity index (χ2v) is 7.44. The molecule has 126 valence electrons. The van der Waals surface area contributed by atoms with E-state index in [1.165, 1.54) is 0 Å². The number of hydrogen-bond acceptors (Lipinski definition) is 4. The Labute approximate surface area is 157 Å². The maximum Gasteiger partial charge on any atom is 0.212 e. The Bertz CT molecular complexity index is 605. The number of hydrogen-bond donors (Lipinski definition) is 0. The Morgan fingerprint density at radius 3 is 1.38 bits per heavy atom. The Balaban J connectivity index is 1.88. The van der Waals surface area contributed by atoms with Crippen LogP contribution in [0.3, 0.4) is 0 Å². The van der Waals surface area contributed by atoms with Crippen molar-refractivity contribution in [1.29, 1.82) is 0 Å². The summed E-state index contributed by atoms with van der Waals surface area (Å²) >= 11 is 7.37. The van der Waals surface area contributed by atoms with E-state index in [9.17, 15) is 9.81 Å². The van der Waals surface area contributed by atoms with Crippen molar-refractivity contribution in [2.24, 2.45) is 10.4 Å². The van der Waals surface area contributed by atoms with Crippen molar-refractivity contribution >= 4 is 31.9 Å². The first-order chi connectivity index (χ1) is 11.6. The minimum absolute atomic E-state index is 0.162. The minimum atomic E-state index is 0.162. The Hall–Kier alpha value is -1.54. The number of nitroso groups, excluding NO2 is 2. The zero-order valence-corrected chi connectivity index (χ0v) is 16.1. The Kier molecular flexibility index (Phi) is 7.58. The Morgan fingerprint density at radius 2 is 1.08 bits per heavy atom. The molecule has 0 aliphatic carbocycles. The fourth-order valence-electron chi connectivity index (χ4n) is 2.24. The van der Waals surface area contributed by atoms with Crippen LogP contribution in [0.5, 0.6) is 0 Å². The number of halogens is 2. The van der Waals surface area contributed by atoms with Crippen molar-refractivity contribution < 1.29 is 9.13 Å². The van der Waals surface area contributed by atoms with Crippen LogP contribution in [0.2, 0.25) is 0 Å². The van der Waals surface area contributed by atoms with Gasteiger partial charge in [-0.2, -0.15) is 18.9 Å². The van der Waals surface area contributed by atoms with E-state index in [0.29, 0.717) is 0 Å². The average Bonchev–Trinajstić information content (AvgIpc) is 2.61. The topological polar surface area (TPSA) is 66.6 Å². The summed E-state index contributed by atoms with van der Waals surface area (Å²) in [6, 6.07) is 7.59. The summed E-state index contributed by atoms with van der Waals surface area (Å²) in [5.41, 5.74) is 1.81. The van der Waals surface area contributed by atoms with Crippen LogP contribution in [0.25, 0.3) is 0 Å². The first kappa shape index (κ1) is 18.8. The van der Waals surface area contributed by atoms with Gasteiger partial charge in [0.25, 0.3) is 0 Å². The molecule has 2 aromatic heterocycles. The van der Waals surface area contributed by atoms with Crippen LogP contribution in [0.1, 0.15) is 33.9 Å². The van der Waals surface area contributed by atoms with Gasteiger partial charge in [0, 0.05) is 37.1 Å². The predicted octanol–water partition coefficient (Wildman–Crippen LogP) is 4.06. The maximum atomic E-state index is 10.3.